The van der Waals surface area contributed by atoms with Gasteiger partial charge in [0, 0.05) is 55.1 Å². The zero-order chi connectivity index (χ0) is 33.0. The van der Waals surface area contributed by atoms with E-state index in [1.165, 1.54) is 30.9 Å². The number of thiophene rings is 1. The summed E-state index contributed by atoms with van der Waals surface area (Å²) in [5.41, 5.74) is 8.51. The predicted octanol–water partition coefficient (Wildman–Crippen LogP) is 14.0. The molecule has 2 heterocycles. The van der Waals surface area contributed by atoms with Crippen molar-refractivity contribution < 1.29 is 4.42 Å². The zero-order valence-electron chi connectivity index (χ0n) is 27.0. The maximum Gasteiger partial charge on any atom is 0.154 e. The Morgan fingerprint density at radius 3 is 1.48 bits per heavy atom. The van der Waals surface area contributed by atoms with E-state index < -0.39 is 0 Å². The highest BCUT2D eigenvalue weighted by Crippen LogP contribution is 2.47. The molecular formula is C46H30N2OS. The van der Waals surface area contributed by atoms with Gasteiger partial charge in [0.1, 0.15) is 5.58 Å². The molecular weight excluding hydrogens is 629 g/mol. The molecule has 10 aromatic rings. The number of para-hydroxylation sites is 2. The monoisotopic (exact) mass is 658 g/mol. The van der Waals surface area contributed by atoms with Crippen molar-refractivity contribution in [2.75, 3.05) is 9.80 Å². The van der Waals surface area contributed by atoms with Crippen molar-refractivity contribution >= 4 is 98.3 Å². The van der Waals surface area contributed by atoms with Crippen LogP contribution in [0.15, 0.2) is 186 Å². The van der Waals surface area contributed by atoms with Gasteiger partial charge >= 0.3 is 0 Å². The van der Waals surface area contributed by atoms with E-state index in [2.05, 4.69) is 192 Å². The molecule has 0 saturated carbocycles. The van der Waals surface area contributed by atoms with Crippen LogP contribution in [0.4, 0.5) is 34.1 Å². The molecule has 0 bridgehead atoms. The van der Waals surface area contributed by atoms with Gasteiger partial charge in [-0.05, 0) is 77.5 Å². The lowest BCUT2D eigenvalue weighted by Crippen LogP contribution is -2.10. The maximum absolute atomic E-state index is 6.75. The van der Waals surface area contributed by atoms with Crippen molar-refractivity contribution in [2.45, 2.75) is 0 Å². The second kappa shape index (κ2) is 11.7. The summed E-state index contributed by atoms with van der Waals surface area (Å²) in [7, 11) is 0. The Balaban J connectivity index is 1.11. The second-order valence-corrected chi connectivity index (χ2v) is 13.6. The lowest BCUT2D eigenvalue weighted by molar-refractivity contribution is 0.673. The molecule has 0 unspecified atom stereocenters. The smallest absolute Gasteiger partial charge is 0.154 e. The van der Waals surface area contributed by atoms with Gasteiger partial charge in [-0.2, -0.15) is 0 Å². The van der Waals surface area contributed by atoms with Crippen LogP contribution in [-0.4, -0.2) is 0 Å². The number of furan rings is 1. The average Bonchev–Trinajstić information content (AvgIpc) is 3.71. The highest BCUT2D eigenvalue weighted by Gasteiger charge is 2.21. The standard InChI is InChI=1S/C46H30N2OS/c1-3-17-33(18-4-1)47(41-23-11-15-31-13-7-9-21-37(31)41)35-25-27-39-43(29-35)49-45-40-28-26-36(30-44(40)50-46(39)45)48(34-19-5-2-6-20-34)42-24-12-16-32-14-8-10-22-38(32)42/h1-30H. The number of hydrogen-bond donors (Lipinski definition) is 0. The van der Waals surface area contributed by atoms with Gasteiger partial charge in [-0.1, -0.05) is 109 Å². The topological polar surface area (TPSA) is 19.6 Å². The molecule has 4 heteroatoms. The van der Waals surface area contributed by atoms with Gasteiger partial charge in [0.05, 0.1) is 16.1 Å². The van der Waals surface area contributed by atoms with Crippen molar-refractivity contribution in [1.82, 2.24) is 0 Å². The van der Waals surface area contributed by atoms with E-state index in [1.54, 1.807) is 11.3 Å². The summed E-state index contributed by atoms with van der Waals surface area (Å²) < 4.78 is 9.13. The molecule has 8 aromatic carbocycles. The number of benzene rings is 8. The van der Waals surface area contributed by atoms with Crippen molar-refractivity contribution in [3.8, 4) is 0 Å². The van der Waals surface area contributed by atoms with Gasteiger partial charge in [-0.15, -0.1) is 11.3 Å². The summed E-state index contributed by atoms with van der Waals surface area (Å²) in [4.78, 5) is 4.69. The first-order chi connectivity index (χ1) is 24.8. The van der Waals surface area contributed by atoms with E-state index in [0.29, 0.717) is 0 Å². The molecule has 0 saturated heterocycles. The summed E-state index contributed by atoms with van der Waals surface area (Å²) in [6, 6.07) is 64.8. The van der Waals surface area contributed by atoms with E-state index in [1.807, 2.05) is 0 Å². The van der Waals surface area contributed by atoms with Crippen molar-refractivity contribution in [3.05, 3.63) is 182 Å². The lowest BCUT2D eigenvalue weighted by atomic mass is 10.1. The van der Waals surface area contributed by atoms with Crippen molar-refractivity contribution in [3.63, 3.8) is 0 Å². The first kappa shape index (κ1) is 28.6. The number of hydrogen-bond acceptors (Lipinski definition) is 4. The van der Waals surface area contributed by atoms with E-state index in [0.717, 1.165) is 56.1 Å². The molecule has 50 heavy (non-hydrogen) atoms. The van der Waals surface area contributed by atoms with Gasteiger partial charge < -0.3 is 14.2 Å². The quantitative estimate of drug-likeness (QED) is 0.177. The molecule has 0 amide bonds. The number of nitrogens with zero attached hydrogens (tertiary/aromatic N) is 2. The molecule has 0 N–H and O–H groups in total. The molecule has 10 rings (SSSR count). The van der Waals surface area contributed by atoms with E-state index in [-0.39, 0.29) is 0 Å². The molecule has 0 aliphatic heterocycles. The summed E-state index contributed by atoms with van der Waals surface area (Å²) in [6.07, 6.45) is 0. The first-order valence-corrected chi connectivity index (χ1v) is 17.7. The van der Waals surface area contributed by atoms with Gasteiger partial charge in [-0.3, -0.25) is 0 Å². The fraction of sp³-hybridized carbons (Fsp3) is 0. The maximum atomic E-state index is 6.75. The molecule has 0 fully saturated rings. The normalized spacial score (nSPS) is 11.6. The second-order valence-electron chi connectivity index (χ2n) is 12.6. The zero-order valence-corrected chi connectivity index (χ0v) is 27.8. The first-order valence-electron chi connectivity index (χ1n) is 16.8. The van der Waals surface area contributed by atoms with Crippen LogP contribution in [0.3, 0.4) is 0 Å². The molecule has 236 valence electrons. The van der Waals surface area contributed by atoms with Crippen LogP contribution in [0, 0.1) is 0 Å². The summed E-state index contributed by atoms with van der Waals surface area (Å²) in [5, 5.41) is 7.11. The minimum Gasteiger partial charge on any atom is -0.454 e. The number of anilines is 6. The van der Waals surface area contributed by atoms with E-state index in [4.69, 9.17) is 4.42 Å². The lowest BCUT2D eigenvalue weighted by Gasteiger charge is -2.27. The largest absolute Gasteiger partial charge is 0.454 e. The number of fused-ring (bicyclic) bond motifs is 7. The highest BCUT2D eigenvalue weighted by molar-refractivity contribution is 7.26. The van der Waals surface area contributed by atoms with Crippen LogP contribution in [0.2, 0.25) is 0 Å². The third kappa shape index (κ3) is 4.65. The van der Waals surface area contributed by atoms with Gasteiger partial charge in [0.2, 0.25) is 0 Å². The van der Waals surface area contributed by atoms with Crippen LogP contribution >= 0.6 is 11.3 Å². The summed E-state index contributed by atoms with van der Waals surface area (Å²) in [5.74, 6) is 0. The van der Waals surface area contributed by atoms with Crippen LogP contribution in [0.5, 0.6) is 0 Å². The molecule has 2 aromatic heterocycles. The Bertz CT molecular complexity index is 2630. The number of rotatable bonds is 6. The van der Waals surface area contributed by atoms with Gasteiger partial charge in [0.25, 0.3) is 0 Å². The van der Waals surface area contributed by atoms with E-state index >= 15 is 0 Å². The highest BCUT2D eigenvalue weighted by atomic mass is 32.1. The Labute approximate surface area is 293 Å². The Hall–Kier alpha value is -6.36. The molecule has 0 spiro atoms. The van der Waals surface area contributed by atoms with Crippen LogP contribution in [-0.2, 0) is 0 Å². The SMILES string of the molecule is c1ccc(N(c2ccc3c(c2)oc2c4ccc(N(c5ccccc5)c5cccc6ccccc56)cc4sc32)c2cccc3ccccc23)cc1. The van der Waals surface area contributed by atoms with Crippen molar-refractivity contribution in [2.24, 2.45) is 0 Å². The Morgan fingerprint density at radius 2 is 0.880 bits per heavy atom. The fourth-order valence-electron chi connectivity index (χ4n) is 7.33. The Morgan fingerprint density at radius 1 is 0.380 bits per heavy atom. The molecule has 0 aliphatic carbocycles. The third-order valence-corrected chi connectivity index (χ3v) is 10.8. The Kier molecular flexibility index (Phi) is 6.68. The van der Waals surface area contributed by atoms with Crippen LogP contribution in [0.1, 0.15) is 0 Å². The van der Waals surface area contributed by atoms with Gasteiger partial charge in [0.15, 0.2) is 5.58 Å². The third-order valence-electron chi connectivity index (χ3n) is 9.61. The summed E-state index contributed by atoms with van der Waals surface area (Å²) >= 11 is 1.80. The van der Waals surface area contributed by atoms with E-state index in [9.17, 15) is 0 Å². The van der Waals surface area contributed by atoms with Crippen molar-refractivity contribution in [1.29, 1.82) is 0 Å². The van der Waals surface area contributed by atoms with Crippen LogP contribution < -0.4 is 9.80 Å². The molecule has 0 aliphatic rings. The predicted molar refractivity (Wildman–Crippen MR) is 213 cm³/mol. The van der Waals surface area contributed by atoms with Gasteiger partial charge in [-0.25, -0.2) is 0 Å². The van der Waals surface area contributed by atoms with Crippen LogP contribution in [0.25, 0.3) is 52.9 Å². The minimum atomic E-state index is 0.887. The minimum absolute atomic E-state index is 0.887. The molecule has 0 radical (unpaired) electrons. The molecule has 0 atom stereocenters. The summed E-state index contributed by atoms with van der Waals surface area (Å²) in [6.45, 7) is 0. The average molecular weight is 659 g/mol. The molecule has 3 nitrogen and oxygen atoms in total. The fourth-order valence-corrected chi connectivity index (χ4v) is 8.52.